The summed E-state index contributed by atoms with van der Waals surface area (Å²) in [5.74, 6) is 0.531. The molecule has 1 aliphatic rings. The fourth-order valence-electron chi connectivity index (χ4n) is 2.72. The number of amides is 1. The second kappa shape index (κ2) is 7.63. The Morgan fingerprint density at radius 2 is 2.04 bits per heavy atom. The monoisotopic (exact) mass is 395 g/mol. The zero-order chi connectivity index (χ0) is 18.7. The minimum Gasteiger partial charge on any atom is -0.474 e. The number of pyridine rings is 1. The lowest BCUT2D eigenvalue weighted by atomic mass is 10.1. The standard InChI is InChI=1S/C17H21N3O4S2/c1-19(26(2,22)23)13-5-6-16(18-12-13)24-14-7-9-20(10-8-14)17(21)15-4-3-11-25-15/h3-6,11-12,14H,7-10H2,1-2H3. The summed E-state index contributed by atoms with van der Waals surface area (Å²) in [6, 6.07) is 7.05. The second-order valence-corrected chi connectivity index (χ2v) is 9.13. The van der Waals surface area contributed by atoms with E-state index in [1.807, 2.05) is 22.4 Å². The SMILES string of the molecule is CN(c1ccc(OC2CCN(C(=O)c3cccs3)CC2)nc1)S(C)(=O)=O. The third-order valence-corrected chi connectivity index (χ3v) is 6.39. The lowest BCUT2D eigenvalue weighted by molar-refractivity contribution is 0.0592. The number of ether oxygens (including phenoxy) is 1. The molecule has 7 nitrogen and oxygen atoms in total. The molecule has 140 valence electrons. The van der Waals surface area contributed by atoms with Crippen LogP contribution >= 0.6 is 11.3 Å². The first kappa shape index (κ1) is 18.7. The highest BCUT2D eigenvalue weighted by Crippen LogP contribution is 2.22. The fraction of sp³-hybridized carbons (Fsp3) is 0.412. The largest absolute Gasteiger partial charge is 0.474 e. The van der Waals surface area contributed by atoms with Crippen LogP contribution in [0.4, 0.5) is 5.69 Å². The highest BCUT2D eigenvalue weighted by molar-refractivity contribution is 7.92. The van der Waals surface area contributed by atoms with E-state index < -0.39 is 10.0 Å². The maximum Gasteiger partial charge on any atom is 0.263 e. The Bertz CT molecular complexity index is 843. The summed E-state index contributed by atoms with van der Waals surface area (Å²) in [4.78, 5) is 19.1. The lowest BCUT2D eigenvalue weighted by Gasteiger charge is -2.31. The van der Waals surface area contributed by atoms with Crippen LogP contribution in [0.5, 0.6) is 5.88 Å². The molecule has 26 heavy (non-hydrogen) atoms. The Morgan fingerprint density at radius 1 is 1.31 bits per heavy atom. The van der Waals surface area contributed by atoms with Crippen LogP contribution in [0.15, 0.2) is 35.8 Å². The van der Waals surface area contributed by atoms with Crippen LogP contribution in [-0.2, 0) is 10.0 Å². The van der Waals surface area contributed by atoms with Crippen LogP contribution in [0, 0.1) is 0 Å². The van der Waals surface area contributed by atoms with Crippen molar-refractivity contribution in [3.05, 3.63) is 40.7 Å². The summed E-state index contributed by atoms with van der Waals surface area (Å²) in [6.45, 7) is 1.30. The molecule has 0 bridgehead atoms. The minimum absolute atomic E-state index is 0.00614. The summed E-state index contributed by atoms with van der Waals surface area (Å²) in [7, 11) is -1.83. The Kier molecular flexibility index (Phi) is 5.47. The van der Waals surface area contributed by atoms with Gasteiger partial charge < -0.3 is 9.64 Å². The average Bonchev–Trinajstić information content (AvgIpc) is 3.16. The summed E-state index contributed by atoms with van der Waals surface area (Å²) in [5, 5.41) is 1.90. The van der Waals surface area contributed by atoms with Gasteiger partial charge in [0.05, 0.1) is 23.0 Å². The number of carbonyl (C=O) groups is 1. The molecule has 0 radical (unpaired) electrons. The molecule has 0 atom stereocenters. The molecule has 1 saturated heterocycles. The van der Waals surface area contributed by atoms with Gasteiger partial charge in [-0.2, -0.15) is 0 Å². The predicted octanol–water partition coefficient (Wildman–Crippen LogP) is 2.22. The van der Waals surface area contributed by atoms with Gasteiger partial charge in [0, 0.05) is 39.0 Å². The maximum atomic E-state index is 12.3. The molecule has 0 unspecified atom stereocenters. The average molecular weight is 396 g/mol. The molecule has 9 heteroatoms. The first-order chi connectivity index (χ1) is 12.3. The van der Waals surface area contributed by atoms with Crippen LogP contribution in [0.25, 0.3) is 0 Å². The molecule has 1 amide bonds. The number of sulfonamides is 1. The van der Waals surface area contributed by atoms with E-state index >= 15 is 0 Å². The van der Waals surface area contributed by atoms with E-state index in [2.05, 4.69) is 4.98 Å². The summed E-state index contributed by atoms with van der Waals surface area (Å²) in [6.07, 6.45) is 4.09. The third-order valence-electron chi connectivity index (χ3n) is 4.33. The van der Waals surface area contributed by atoms with Gasteiger partial charge in [-0.1, -0.05) is 6.07 Å². The zero-order valence-corrected chi connectivity index (χ0v) is 16.3. The molecule has 0 N–H and O–H groups in total. The lowest BCUT2D eigenvalue weighted by Crippen LogP contribution is -2.41. The molecule has 0 saturated carbocycles. The topological polar surface area (TPSA) is 79.8 Å². The van der Waals surface area contributed by atoms with E-state index in [1.165, 1.54) is 28.9 Å². The van der Waals surface area contributed by atoms with Gasteiger partial charge >= 0.3 is 0 Å². The Hall–Kier alpha value is -2.13. The van der Waals surface area contributed by atoms with Crippen molar-refractivity contribution in [2.75, 3.05) is 30.7 Å². The highest BCUT2D eigenvalue weighted by Gasteiger charge is 2.25. The first-order valence-electron chi connectivity index (χ1n) is 8.24. The molecule has 1 aliphatic heterocycles. The van der Waals surface area contributed by atoms with E-state index in [-0.39, 0.29) is 12.0 Å². The van der Waals surface area contributed by atoms with E-state index in [0.717, 1.165) is 24.0 Å². The van der Waals surface area contributed by atoms with Crippen LogP contribution in [0.3, 0.4) is 0 Å². The summed E-state index contributed by atoms with van der Waals surface area (Å²) in [5.41, 5.74) is 0.483. The van der Waals surface area contributed by atoms with Crippen molar-refractivity contribution in [1.29, 1.82) is 0 Å². The number of hydrogen-bond donors (Lipinski definition) is 0. The van der Waals surface area contributed by atoms with Gasteiger partial charge in [-0.3, -0.25) is 9.10 Å². The summed E-state index contributed by atoms with van der Waals surface area (Å²) < 4.78 is 30.1. The molecule has 1 fully saturated rings. The number of carbonyl (C=O) groups excluding carboxylic acids is 1. The molecule has 2 aromatic heterocycles. The minimum atomic E-state index is -3.31. The smallest absolute Gasteiger partial charge is 0.263 e. The number of piperidine rings is 1. The summed E-state index contributed by atoms with van der Waals surface area (Å²) >= 11 is 1.45. The molecular formula is C17H21N3O4S2. The molecule has 0 aliphatic carbocycles. The van der Waals surface area contributed by atoms with E-state index in [0.29, 0.717) is 24.7 Å². The van der Waals surface area contributed by atoms with Crippen LogP contribution < -0.4 is 9.04 Å². The van der Waals surface area contributed by atoms with E-state index in [4.69, 9.17) is 4.74 Å². The van der Waals surface area contributed by atoms with Gasteiger partial charge in [-0.25, -0.2) is 13.4 Å². The molecule has 0 aromatic carbocycles. The third kappa shape index (κ3) is 4.34. The first-order valence-corrected chi connectivity index (χ1v) is 11.0. The normalized spacial score (nSPS) is 15.7. The number of aromatic nitrogens is 1. The number of hydrogen-bond acceptors (Lipinski definition) is 6. The van der Waals surface area contributed by atoms with E-state index in [1.54, 1.807) is 12.1 Å². The molecular weight excluding hydrogens is 374 g/mol. The van der Waals surface area contributed by atoms with Crippen molar-refractivity contribution in [2.45, 2.75) is 18.9 Å². The number of anilines is 1. The Labute approximate surface area is 157 Å². The van der Waals surface area contributed by atoms with Crippen LogP contribution in [-0.4, -0.2) is 56.7 Å². The van der Waals surface area contributed by atoms with Crippen molar-refractivity contribution in [2.24, 2.45) is 0 Å². The van der Waals surface area contributed by atoms with Crippen LogP contribution in [0.1, 0.15) is 22.5 Å². The van der Waals surface area contributed by atoms with Crippen LogP contribution in [0.2, 0.25) is 0 Å². The Balaban J connectivity index is 1.54. The van der Waals surface area contributed by atoms with Crippen molar-refractivity contribution in [3.8, 4) is 5.88 Å². The molecule has 0 spiro atoms. The van der Waals surface area contributed by atoms with Crippen molar-refractivity contribution in [3.63, 3.8) is 0 Å². The highest BCUT2D eigenvalue weighted by atomic mass is 32.2. The van der Waals surface area contributed by atoms with Gasteiger partial charge in [0.2, 0.25) is 15.9 Å². The number of nitrogens with zero attached hydrogens (tertiary/aromatic N) is 3. The zero-order valence-electron chi connectivity index (χ0n) is 14.7. The van der Waals surface area contributed by atoms with Crippen molar-refractivity contribution in [1.82, 2.24) is 9.88 Å². The predicted molar refractivity (Wildman–Crippen MR) is 101 cm³/mol. The number of rotatable bonds is 5. The van der Waals surface area contributed by atoms with Crippen molar-refractivity contribution >= 4 is 33.0 Å². The molecule has 3 rings (SSSR count). The number of likely N-dealkylation sites (tertiary alicyclic amines) is 1. The van der Waals surface area contributed by atoms with Gasteiger partial charge in [0.15, 0.2) is 0 Å². The molecule has 2 aromatic rings. The fourth-order valence-corrected chi connectivity index (χ4v) is 3.91. The van der Waals surface area contributed by atoms with Gasteiger partial charge in [-0.05, 0) is 17.5 Å². The Morgan fingerprint density at radius 3 is 2.58 bits per heavy atom. The van der Waals surface area contributed by atoms with Gasteiger partial charge in [0.25, 0.3) is 5.91 Å². The number of thiophene rings is 1. The van der Waals surface area contributed by atoms with Gasteiger partial charge in [0.1, 0.15) is 6.10 Å². The maximum absolute atomic E-state index is 12.3. The van der Waals surface area contributed by atoms with Crippen molar-refractivity contribution < 1.29 is 17.9 Å². The second-order valence-electron chi connectivity index (χ2n) is 6.17. The van der Waals surface area contributed by atoms with Gasteiger partial charge in [-0.15, -0.1) is 11.3 Å². The quantitative estimate of drug-likeness (QED) is 0.776. The van der Waals surface area contributed by atoms with E-state index in [9.17, 15) is 13.2 Å². The molecule has 3 heterocycles.